The minimum atomic E-state index is -3.40. The molecule has 2 fully saturated rings. The van der Waals surface area contributed by atoms with Crippen molar-refractivity contribution in [2.75, 3.05) is 18.8 Å². The number of hydrogen-bond acceptors (Lipinski definition) is 5. The van der Waals surface area contributed by atoms with Crippen molar-refractivity contribution >= 4 is 21.7 Å². The molecule has 148 valence electrons. The van der Waals surface area contributed by atoms with Crippen molar-refractivity contribution < 1.29 is 23.1 Å². The second kappa shape index (κ2) is 6.91. The lowest BCUT2D eigenvalue weighted by molar-refractivity contribution is -0.138. The van der Waals surface area contributed by atoms with Crippen molar-refractivity contribution in [1.29, 1.82) is 0 Å². The highest BCUT2D eigenvalue weighted by atomic mass is 32.2. The topological polar surface area (TPSA) is 104 Å². The standard InChI is InChI=1S/C19H26N2O5S/c1-12-6-15(9-22)7-13(2)16(12)8-20-18(24)17-4-5-27(25,26)19(17)10-21(11-19)14(3)23/h6-7,17,22H,4-5,8-11H2,1-3H3,(H,20,24). The lowest BCUT2D eigenvalue weighted by atomic mass is 9.82. The third-order valence-corrected chi connectivity index (χ3v) is 8.54. The van der Waals surface area contributed by atoms with E-state index in [4.69, 9.17) is 0 Å². The van der Waals surface area contributed by atoms with Gasteiger partial charge in [0.1, 0.15) is 4.75 Å². The summed E-state index contributed by atoms with van der Waals surface area (Å²) in [6.45, 7) is 5.73. The normalized spacial score (nSPS) is 22.5. The van der Waals surface area contributed by atoms with E-state index >= 15 is 0 Å². The molecule has 1 unspecified atom stereocenters. The maximum atomic E-state index is 12.8. The molecule has 2 amide bonds. The van der Waals surface area contributed by atoms with Crippen LogP contribution >= 0.6 is 0 Å². The number of amides is 2. The molecular formula is C19H26N2O5S. The van der Waals surface area contributed by atoms with Crippen LogP contribution in [0.25, 0.3) is 0 Å². The molecule has 7 nitrogen and oxygen atoms in total. The van der Waals surface area contributed by atoms with Crippen molar-refractivity contribution in [3.05, 3.63) is 34.4 Å². The Morgan fingerprint density at radius 2 is 1.85 bits per heavy atom. The van der Waals surface area contributed by atoms with E-state index < -0.39 is 20.5 Å². The summed E-state index contributed by atoms with van der Waals surface area (Å²) in [5.74, 6) is -1.09. The Morgan fingerprint density at radius 1 is 1.26 bits per heavy atom. The van der Waals surface area contributed by atoms with E-state index in [9.17, 15) is 23.1 Å². The molecule has 1 aromatic rings. The van der Waals surface area contributed by atoms with Crippen molar-refractivity contribution in [2.45, 2.75) is 45.1 Å². The molecule has 3 rings (SSSR count). The summed E-state index contributed by atoms with van der Waals surface area (Å²) >= 11 is 0. The van der Waals surface area contributed by atoms with E-state index in [1.54, 1.807) is 0 Å². The van der Waals surface area contributed by atoms with E-state index in [-0.39, 0.29) is 37.3 Å². The first-order valence-corrected chi connectivity index (χ1v) is 10.7. The van der Waals surface area contributed by atoms with E-state index in [1.165, 1.54) is 11.8 Å². The van der Waals surface area contributed by atoms with Crippen LogP contribution in [0, 0.1) is 19.8 Å². The van der Waals surface area contributed by atoms with E-state index in [2.05, 4.69) is 5.32 Å². The molecule has 2 heterocycles. The summed E-state index contributed by atoms with van der Waals surface area (Å²) in [5.41, 5.74) is 3.73. The number of hydrogen-bond donors (Lipinski definition) is 2. The molecule has 1 aromatic carbocycles. The molecule has 2 aliphatic heterocycles. The third kappa shape index (κ3) is 3.25. The predicted octanol–water partition coefficient (Wildman–Crippen LogP) is 0.448. The van der Waals surface area contributed by atoms with E-state index in [1.807, 2.05) is 26.0 Å². The Morgan fingerprint density at radius 3 is 2.37 bits per heavy atom. The molecule has 1 atom stereocenters. The lowest BCUT2D eigenvalue weighted by Gasteiger charge is -2.49. The Kier molecular flexibility index (Phi) is 5.07. The molecule has 27 heavy (non-hydrogen) atoms. The minimum absolute atomic E-state index is 0.0138. The van der Waals surface area contributed by atoms with Gasteiger partial charge < -0.3 is 15.3 Å². The van der Waals surface area contributed by atoms with Crippen LogP contribution in [0.5, 0.6) is 0 Å². The fourth-order valence-corrected chi connectivity index (χ4v) is 6.63. The summed E-state index contributed by atoms with van der Waals surface area (Å²) in [5, 5.41) is 12.2. The number of aliphatic hydroxyl groups is 1. The average molecular weight is 394 g/mol. The SMILES string of the molecule is CC(=O)N1CC2(C1)C(C(=O)NCc1c(C)cc(CO)cc1C)CCS2(=O)=O. The molecule has 2 N–H and O–H groups in total. The first-order valence-electron chi connectivity index (χ1n) is 9.06. The van der Waals surface area contributed by atoms with Crippen molar-refractivity contribution in [3.8, 4) is 0 Å². The highest BCUT2D eigenvalue weighted by Crippen LogP contribution is 2.44. The first kappa shape index (κ1) is 19.8. The van der Waals surface area contributed by atoms with Crippen LogP contribution in [0.2, 0.25) is 0 Å². The molecule has 1 spiro atoms. The molecule has 0 saturated carbocycles. The zero-order valence-corrected chi connectivity index (χ0v) is 16.7. The predicted molar refractivity (Wildman–Crippen MR) is 101 cm³/mol. The number of sulfone groups is 1. The number of aliphatic hydroxyl groups excluding tert-OH is 1. The second-order valence-corrected chi connectivity index (χ2v) is 10.1. The van der Waals surface area contributed by atoms with Gasteiger partial charge in [-0.3, -0.25) is 9.59 Å². The molecule has 8 heteroatoms. The van der Waals surface area contributed by atoms with Gasteiger partial charge in [0.25, 0.3) is 0 Å². The highest BCUT2D eigenvalue weighted by molar-refractivity contribution is 7.93. The number of carbonyl (C=O) groups is 2. The number of nitrogens with zero attached hydrogens (tertiary/aromatic N) is 1. The number of benzene rings is 1. The van der Waals surface area contributed by atoms with E-state index in [0.717, 1.165) is 22.3 Å². The van der Waals surface area contributed by atoms with Gasteiger partial charge in [-0.2, -0.15) is 0 Å². The van der Waals surface area contributed by atoms with Crippen LogP contribution in [0.4, 0.5) is 0 Å². The number of carbonyl (C=O) groups excluding carboxylic acids is 2. The second-order valence-electron chi connectivity index (χ2n) is 7.68. The molecule has 0 bridgehead atoms. The summed E-state index contributed by atoms with van der Waals surface area (Å²) in [6.07, 6.45) is 0.293. The monoisotopic (exact) mass is 394 g/mol. The maximum Gasteiger partial charge on any atom is 0.225 e. The van der Waals surface area contributed by atoms with Gasteiger partial charge in [0.15, 0.2) is 9.84 Å². The smallest absolute Gasteiger partial charge is 0.225 e. The van der Waals surface area contributed by atoms with Crippen LogP contribution in [0.3, 0.4) is 0 Å². The maximum absolute atomic E-state index is 12.8. The summed E-state index contributed by atoms with van der Waals surface area (Å²) in [7, 11) is -3.40. The number of aryl methyl sites for hydroxylation is 2. The van der Waals surface area contributed by atoms with Crippen LogP contribution in [-0.4, -0.2) is 53.8 Å². The number of likely N-dealkylation sites (tertiary alicyclic amines) is 1. The average Bonchev–Trinajstić information content (AvgIpc) is 2.83. The Hall–Kier alpha value is -1.93. The fraction of sp³-hybridized carbons (Fsp3) is 0.579. The van der Waals surface area contributed by atoms with Crippen LogP contribution < -0.4 is 5.32 Å². The largest absolute Gasteiger partial charge is 0.392 e. The van der Waals surface area contributed by atoms with Crippen LogP contribution in [-0.2, 0) is 32.6 Å². The zero-order valence-electron chi connectivity index (χ0n) is 15.9. The molecule has 0 aromatic heterocycles. The Bertz CT molecular complexity index is 864. The third-order valence-electron chi connectivity index (χ3n) is 5.99. The van der Waals surface area contributed by atoms with Gasteiger partial charge in [0, 0.05) is 26.6 Å². The van der Waals surface area contributed by atoms with Crippen molar-refractivity contribution in [1.82, 2.24) is 10.2 Å². The van der Waals surface area contributed by atoms with Gasteiger partial charge in [-0.25, -0.2) is 8.42 Å². The van der Waals surface area contributed by atoms with Gasteiger partial charge in [0.2, 0.25) is 11.8 Å². The lowest BCUT2D eigenvalue weighted by Crippen LogP contribution is -2.69. The Labute approximate surface area is 159 Å². The summed E-state index contributed by atoms with van der Waals surface area (Å²) < 4.78 is 24.0. The number of rotatable bonds is 4. The van der Waals surface area contributed by atoms with Gasteiger partial charge in [-0.1, -0.05) is 12.1 Å². The van der Waals surface area contributed by atoms with Gasteiger partial charge in [-0.05, 0) is 42.5 Å². The molecular weight excluding hydrogens is 368 g/mol. The number of nitrogens with one attached hydrogen (secondary N) is 1. The minimum Gasteiger partial charge on any atom is -0.392 e. The molecule has 2 aliphatic rings. The Balaban J connectivity index is 1.74. The summed E-state index contributed by atoms with van der Waals surface area (Å²) in [4.78, 5) is 25.8. The fourth-order valence-electron chi connectivity index (χ4n) is 4.32. The zero-order chi connectivity index (χ0) is 20.0. The van der Waals surface area contributed by atoms with E-state index in [0.29, 0.717) is 13.0 Å². The van der Waals surface area contributed by atoms with Crippen molar-refractivity contribution in [2.24, 2.45) is 5.92 Å². The molecule has 0 aliphatic carbocycles. The van der Waals surface area contributed by atoms with Gasteiger partial charge in [0.05, 0.1) is 18.3 Å². The quantitative estimate of drug-likeness (QED) is 0.772. The van der Waals surface area contributed by atoms with Gasteiger partial charge >= 0.3 is 0 Å². The summed E-state index contributed by atoms with van der Waals surface area (Å²) in [6, 6.07) is 3.76. The van der Waals surface area contributed by atoms with Crippen LogP contribution in [0.15, 0.2) is 12.1 Å². The highest BCUT2D eigenvalue weighted by Gasteiger charge is 2.64. The van der Waals surface area contributed by atoms with Gasteiger partial charge in [-0.15, -0.1) is 0 Å². The molecule has 0 radical (unpaired) electrons. The molecule has 2 saturated heterocycles. The first-order chi connectivity index (χ1) is 12.6. The van der Waals surface area contributed by atoms with Crippen LogP contribution in [0.1, 0.15) is 35.6 Å². The van der Waals surface area contributed by atoms with Crippen molar-refractivity contribution in [3.63, 3.8) is 0 Å².